The minimum Gasteiger partial charge on any atom is -0.326 e. The average Bonchev–Trinajstić information content (AvgIpc) is 3.19. The van der Waals surface area contributed by atoms with E-state index in [4.69, 9.17) is 0 Å². The van der Waals surface area contributed by atoms with Crippen molar-refractivity contribution in [3.63, 3.8) is 0 Å². The molecule has 4 rings (SSSR count). The van der Waals surface area contributed by atoms with Gasteiger partial charge < -0.3 is 10.6 Å². The highest BCUT2D eigenvalue weighted by atomic mass is 32.2. The number of hydrogen-bond acceptors (Lipinski definition) is 6. The number of fused-ring (bicyclic) bond motifs is 1. The van der Waals surface area contributed by atoms with Gasteiger partial charge >= 0.3 is 0 Å². The van der Waals surface area contributed by atoms with Crippen LogP contribution in [-0.2, 0) is 29.1 Å². The minimum atomic E-state index is -0.317. The van der Waals surface area contributed by atoms with Crippen molar-refractivity contribution in [1.29, 1.82) is 5.26 Å². The summed E-state index contributed by atoms with van der Waals surface area (Å²) in [5.74, 6) is -0.247. The van der Waals surface area contributed by atoms with Crippen LogP contribution in [0.1, 0.15) is 41.8 Å². The average molecular weight is 505 g/mol. The van der Waals surface area contributed by atoms with Gasteiger partial charge in [0.1, 0.15) is 11.1 Å². The van der Waals surface area contributed by atoms with E-state index in [1.165, 1.54) is 35.6 Å². The zero-order chi connectivity index (χ0) is 24.8. The lowest BCUT2D eigenvalue weighted by molar-refractivity contribution is -0.116. The molecule has 1 aliphatic heterocycles. The molecule has 2 N–H and O–H groups in total. The van der Waals surface area contributed by atoms with Crippen molar-refractivity contribution in [2.75, 3.05) is 17.2 Å². The Hall–Kier alpha value is -3.12. The number of thioether (sulfide) groups is 1. The molecular formula is C27H28N4O2S2. The van der Waals surface area contributed by atoms with Crippen LogP contribution in [0.5, 0.6) is 0 Å². The topological polar surface area (TPSA) is 85.2 Å². The molecule has 1 aliphatic rings. The van der Waals surface area contributed by atoms with E-state index in [1.807, 2.05) is 37.3 Å². The number of anilines is 2. The van der Waals surface area contributed by atoms with Crippen LogP contribution in [0.3, 0.4) is 0 Å². The fraction of sp³-hybridized carbons (Fsp3) is 0.296. The molecule has 2 aromatic carbocycles. The molecule has 0 spiro atoms. The summed E-state index contributed by atoms with van der Waals surface area (Å²) in [5, 5.41) is 16.0. The summed E-state index contributed by atoms with van der Waals surface area (Å²) in [7, 11) is 0. The Balaban J connectivity index is 1.45. The summed E-state index contributed by atoms with van der Waals surface area (Å²) in [6, 6.07) is 20.2. The molecule has 180 valence electrons. The maximum atomic E-state index is 13.2. The number of carbonyl (C=O) groups excluding carboxylic acids is 2. The number of thiophene rings is 1. The van der Waals surface area contributed by atoms with Crippen molar-refractivity contribution < 1.29 is 9.59 Å². The molecule has 0 aliphatic carbocycles. The summed E-state index contributed by atoms with van der Waals surface area (Å²) in [6.07, 6.45) is 1.44. The zero-order valence-electron chi connectivity index (χ0n) is 19.8. The second kappa shape index (κ2) is 11.5. The zero-order valence-corrected chi connectivity index (χ0v) is 21.5. The van der Waals surface area contributed by atoms with Crippen LogP contribution >= 0.6 is 23.1 Å². The van der Waals surface area contributed by atoms with E-state index in [0.717, 1.165) is 41.4 Å². The molecule has 35 heavy (non-hydrogen) atoms. The van der Waals surface area contributed by atoms with E-state index in [9.17, 15) is 14.9 Å². The monoisotopic (exact) mass is 504 g/mol. The normalized spacial score (nSPS) is 14.0. The number of amides is 2. The van der Waals surface area contributed by atoms with Gasteiger partial charge in [0.15, 0.2) is 0 Å². The van der Waals surface area contributed by atoms with Crippen molar-refractivity contribution in [1.82, 2.24) is 4.90 Å². The summed E-state index contributed by atoms with van der Waals surface area (Å²) >= 11 is 2.98. The van der Waals surface area contributed by atoms with Crippen LogP contribution in [0.25, 0.3) is 0 Å². The molecule has 0 saturated heterocycles. The van der Waals surface area contributed by atoms with Crippen LogP contribution in [-0.4, -0.2) is 28.5 Å². The van der Waals surface area contributed by atoms with Gasteiger partial charge in [-0.25, -0.2) is 0 Å². The predicted molar refractivity (Wildman–Crippen MR) is 143 cm³/mol. The van der Waals surface area contributed by atoms with Gasteiger partial charge in [-0.15, -0.1) is 23.1 Å². The van der Waals surface area contributed by atoms with Crippen LogP contribution in [0.4, 0.5) is 10.7 Å². The molecule has 1 unspecified atom stereocenters. The summed E-state index contributed by atoms with van der Waals surface area (Å²) in [4.78, 5) is 29.0. The van der Waals surface area contributed by atoms with Gasteiger partial charge in [0.2, 0.25) is 11.8 Å². The van der Waals surface area contributed by atoms with Crippen LogP contribution < -0.4 is 10.6 Å². The number of rotatable bonds is 8. The molecule has 0 fully saturated rings. The first-order chi connectivity index (χ1) is 17.0. The maximum Gasteiger partial charge on any atom is 0.238 e. The van der Waals surface area contributed by atoms with Crippen molar-refractivity contribution in [2.45, 2.75) is 49.9 Å². The number of nitriles is 1. The van der Waals surface area contributed by atoms with Gasteiger partial charge in [-0.2, -0.15) is 5.26 Å². The third-order valence-corrected chi connectivity index (χ3v) is 8.32. The minimum absolute atomic E-state index is 0.112. The second-order valence-electron chi connectivity index (χ2n) is 8.48. The van der Waals surface area contributed by atoms with Crippen molar-refractivity contribution in [3.8, 4) is 6.07 Å². The summed E-state index contributed by atoms with van der Waals surface area (Å²) in [6.45, 7) is 5.98. The number of hydrogen-bond donors (Lipinski definition) is 2. The van der Waals surface area contributed by atoms with E-state index >= 15 is 0 Å². The molecule has 1 atom stereocenters. The first-order valence-corrected chi connectivity index (χ1v) is 13.3. The van der Waals surface area contributed by atoms with E-state index in [2.05, 4.69) is 45.9 Å². The van der Waals surface area contributed by atoms with Crippen molar-refractivity contribution in [3.05, 3.63) is 76.2 Å². The standard InChI is InChI=1S/C27H28N4O2S2/c1-3-24(34-21-11-7-10-20(14-21)29-18(2)32)26(33)30-27-23(15-28)22-12-13-31(17-25(22)35-27)16-19-8-5-4-6-9-19/h4-11,14,24H,3,12-13,16-17H2,1-2H3,(H,29,32)(H,30,33). The van der Waals surface area contributed by atoms with Crippen LogP contribution in [0, 0.1) is 11.3 Å². The van der Waals surface area contributed by atoms with Gasteiger partial charge in [0, 0.05) is 42.0 Å². The van der Waals surface area contributed by atoms with Crippen LogP contribution in [0.2, 0.25) is 0 Å². The predicted octanol–water partition coefficient (Wildman–Crippen LogP) is 5.65. The van der Waals surface area contributed by atoms with Crippen molar-refractivity contribution >= 4 is 45.6 Å². The van der Waals surface area contributed by atoms with Gasteiger partial charge in [-0.05, 0) is 42.2 Å². The molecule has 8 heteroatoms. The highest BCUT2D eigenvalue weighted by Gasteiger charge is 2.27. The van der Waals surface area contributed by atoms with Gasteiger partial charge in [0.05, 0.1) is 10.8 Å². The largest absolute Gasteiger partial charge is 0.326 e. The lowest BCUT2D eigenvalue weighted by Gasteiger charge is -2.26. The number of nitrogens with zero attached hydrogens (tertiary/aromatic N) is 2. The molecule has 3 aromatic rings. The molecule has 6 nitrogen and oxygen atoms in total. The Morgan fingerprint density at radius 2 is 1.97 bits per heavy atom. The molecule has 0 saturated carbocycles. The molecule has 0 radical (unpaired) electrons. The fourth-order valence-electron chi connectivity index (χ4n) is 4.17. The van der Waals surface area contributed by atoms with E-state index in [1.54, 1.807) is 0 Å². The maximum absolute atomic E-state index is 13.2. The highest BCUT2D eigenvalue weighted by Crippen LogP contribution is 2.38. The Morgan fingerprint density at radius 1 is 1.17 bits per heavy atom. The van der Waals surface area contributed by atoms with Crippen LogP contribution in [0.15, 0.2) is 59.5 Å². The summed E-state index contributed by atoms with van der Waals surface area (Å²) < 4.78 is 0. The molecule has 1 aromatic heterocycles. The number of carbonyl (C=O) groups is 2. The summed E-state index contributed by atoms with van der Waals surface area (Å²) in [5.41, 5.74) is 3.65. The first kappa shape index (κ1) is 25.0. The van der Waals surface area contributed by atoms with E-state index < -0.39 is 0 Å². The third-order valence-electron chi connectivity index (χ3n) is 5.83. The number of nitrogens with one attached hydrogen (secondary N) is 2. The Bertz CT molecular complexity index is 1250. The molecule has 2 heterocycles. The lowest BCUT2D eigenvalue weighted by atomic mass is 10.0. The van der Waals surface area contributed by atoms with E-state index in [0.29, 0.717) is 22.7 Å². The van der Waals surface area contributed by atoms with Gasteiger partial charge in [0.25, 0.3) is 0 Å². The Morgan fingerprint density at radius 3 is 2.69 bits per heavy atom. The molecular weight excluding hydrogens is 476 g/mol. The van der Waals surface area contributed by atoms with Gasteiger partial charge in [-0.3, -0.25) is 14.5 Å². The highest BCUT2D eigenvalue weighted by molar-refractivity contribution is 8.00. The smallest absolute Gasteiger partial charge is 0.238 e. The SMILES string of the molecule is CCC(Sc1cccc(NC(C)=O)c1)C(=O)Nc1sc2c(c1C#N)CCN(Cc1ccccc1)C2. The quantitative estimate of drug-likeness (QED) is 0.388. The Kier molecular flexibility index (Phi) is 8.24. The number of benzene rings is 2. The first-order valence-electron chi connectivity index (χ1n) is 11.6. The second-order valence-corrected chi connectivity index (χ2v) is 10.9. The lowest BCUT2D eigenvalue weighted by Crippen LogP contribution is -2.29. The van der Waals surface area contributed by atoms with Gasteiger partial charge in [-0.1, -0.05) is 43.3 Å². The third kappa shape index (κ3) is 6.31. The molecule has 2 amide bonds. The van der Waals surface area contributed by atoms with E-state index in [-0.39, 0.29) is 17.1 Å². The Labute approximate surface area is 214 Å². The van der Waals surface area contributed by atoms with Crippen molar-refractivity contribution in [2.24, 2.45) is 0 Å². The fourth-order valence-corrected chi connectivity index (χ4v) is 6.43. The molecule has 0 bridgehead atoms.